The van der Waals surface area contributed by atoms with Crippen LogP contribution in [0.2, 0.25) is 0 Å². The third-order valence-corrected chi connectivity index (χ3v) is 2.87. The highest BCUT2D eigenvalue weighted by atomic mass is 79.9. The van der Waals surface area contributed by atoms with Crippen LogP contribution in [-0.4, -0.2) is 0 Å². The van der Waals surface area contributed by atoms with Crippen LogP contribution < -0.4 is 5.32 Å². The fourth-order valence-corrected chi connectivity index (χ4v) is 2.08. The summed E-state index contributed by atoms with van der Waals surface area (Å²) in [6.45, 7) is 0.0817. The lowest BCUT2D eigenvalue weighted by molar-refractivity contribution is 0.496. The number of halogens is 5. The van der Waals surface area contributed by atoms with E-state index in [1.165, 1.54) is 12.1 Å². The molecule has 0 radical (unpaired) electrons. The minimum atomic E-state index is -1.25. The Morgan fingerprint density at radius 2 is 1.53 bits per heavy atom. The Morgan fingerprint density at radius 1 is 0.842 bits per heavy atom. The standard InChI is InChI=1S/C13H8BrF4N/c14-8-1-7(2-9(15)3-8)6-19-13-5-11(17)10(16)4-12(13)18/h1-5,19H,6H2. The largest absolute Gasteiger partial charge is 0.379 e. The molecule has 1 N–H and O–H groups in total. The number of rotatable bonds is 3. The van der Waals surface area contributed by atoms with Crippen molar-refractivity contribution in [3.8, 4) is 0 Å². The first-order chi connectivity index (χ1) is 8.95. The fourth-order valence-electron chi connectivity index (χ4n) is 1.57. The van der Waals surface area contributed by atoms with Gasteiger partial charge in [-0.2, -0.15) is 0 Å². The van der Waals surface area contributed by atoms with Crippen molar-refractivity contribution >= 4 is 21.6 Å². The van der Waals surface area contributed by atoms with Crippen molar-refractivity contribution < 1.29 is 17.6 Å². The number of hydrogen-bond donors (Lipinski definition) is 1. The molecule has 0 fully saturated rings. The molecule has 6 heteroatoms. The molecular weight excluding hydrogens is 326 g/mol. The van der Waals surface area contributed by atoms with E-state index in [1.807, 2.05) is 0 Å². The Balaban J connectivity index is 2.16. The predicted molar refractivity (Wildman–Crippen MR) is 67.7 cm³/mol. The van der Waals surface area contributed by atoms with Crippen LogP contribution in [0, 0.1) is 23.3 Å². The molecule has 0 atom stereocenters. The molecule has 0 saturated carbocycles. The van der Waals surface area contributed by atoms with Gasteiger partial charge in [0.05, 0.1) is 5.69 Å². The molecule has 0 saturated heterocycles. The van der Waals surface area contributed by atoms with E-state index >= 15 is 0 Å². The van der Waals surface area contributed by atoms with Crippen LogP contribution in [-0.2, 0) is 6.54 Å². The van der Waals surface area contributed by atoms with E-state index in [1.54, 1.807) is 6.07 Å². The third kappa shape index (κ3) is 3.47. The van der Waals surface area contributed by atoms with Crippen LogP contribution in [0.25, 0.3) is 0 Å². The number of nitrogens with one attached hydrogen (secondary N) is 1. The topological polar surface area (TPSA) is 12.0 Å². The van der Waals surface area contributed by atoms with Gasteiger partial charge in [-0.3, -0.25) is 0 Å². The molecule has 0 aliphatic rings. The first-order valence-corrected chi connectivity index (χ1v) is 6.08. The van der Waals surface area contributed by atoms with E-state index in [0.29, 0.717) is 16.1 Å². The number of benzene rings is 2. The summed E-state index contributed by atoms with van der Waals surface area (Å²) in [6.07, 6.45) is 0. The quantitative estimate of drug-likeness (QED) is 0.638. The smallest absolute Gasteiger partial charge is 0.161 e. The molecule has 0 aliphatic carbocycles. The van der Waals surface area contributed by atoms with Crippen LogP contribution in [0.4, 0.5) is 23.2 Å². The van der Waals surface area contributed by atoms with Crippen molar-refractivity contribution in [1.82, 2.24) is 0 Å². The molecule has 1 nitrogen and oxygen atoms in total. The van der Waals surface area contributed by atoms with E-state index in [9.17, 15) is 17.6 Å². The Hall–Kier alpha value is -1.56. The van der Waals surface area contributed by atoms with Crippen LogP contribution in [0.15, 0.2) is 34.8 Å². The lowest BCUT2D eigenvalue weighted by atomic mass is 10.2. The Bertz CT molecular complexity index is 596. The summed E-state index contributed by atoms with van der Waals surface area (Å²) < 4.78 is 52.7. The third-order valence-electron chi connectivity index (χ3n) is 2.42. The highest BCUT2D eigenvalue weighted by molar-refractivity contribution is 9.10. The Kier molecular flexibility index (Phi) is 4.09. The molecule has 0 aliphatic heterocycles. The van der Waals surface area contributed by atoms with Crippen LogP contribution in [0.5, 0.6) is 0 Å². The van der Waals surface area contributed by atoms with Crippen molar-refractivity contribution in [2.24, 2.45) is 0 Å². The van der Waals surface area contributed by atoms with Gasteiger partial charge in [0.25, 0.3) is 0 Å². The molecule has 0 aromatic heterocycles. The van der Waals surface area contributed by atoms with Gasteiger partial charge in [-0.25, -0.2) is 17.6 Å². The summed E-state index contributed by atoms with van der Waals surface area (Å²) in [7, 11) is 0. The van der Waals surface area contributed by atoms with Gasteiger partial charge in [0.1, 0.15) is 11.6 Å². The maximum absolute atomic E-state index is 13.3. The van der Waals surface area contributed by atoms with Crippen LogP contribution in [0.3, 0.4) is 0 Å². The lowest BCUT2D eigenvalue weighted by Crippen LogP contribution is -2.03. The van der Waals surface area contributed by atoms with E-state index < -0.39 is 23.3 Å². The normalized spacial score (nSPS) is 10.6. The summed E-state index contributed by atoms with van der Waals surface area (Å²) in [6, 6.07) is 5.35. The van der Waals surface area contributed by atoms with Gasteiger partial charge in [-0.15, -0.1) is 0 Å². The SMILES string of the molecule is Fc1cc(Br)cc(CNc2cc(F)c(F)cc2F)c1. The molecule has 0 heterocycles. The summed E-state index contributed by atoms with van der Waals surface area (Å²) >= 11 is 3.12. The molecular formula is C13H8BrF4N. The second-order valence-electron chi connectivity index (χ2n) is 3.88. The molecule has 2 aromatic carbocycles. The first-order valence-electron chi connectivity index (χ1n) is 5.29. The number of anilines is 1. The Labute approximate surface area is 115 Å². The van der Waals surface area contributed by atoms with Gasteiger partial charge >= 0.3 is 0 Å². The maximum Gasteiger partial charge on any atom is 0.161 e. The summed E-state index contributed by atoms with van der Waals surface area (Å²) in [4.78, 5) is 0. The van der Waals surface area contributed by atoms with Crippen LogP contribution in [0.1, 0.15) is 5.56 Å². The second-order valence-corrected chi connectivity index (χ2v) is 4.79. The highest BCUT2D eigenvalue weighted by Crippen LogP contribution is 2.20. The maximum atomic E-state index is 13.3. The summed E-state index contributed by atoms with van der Waals surface area (Å²) in [5.74, 6) is -3.76. The minimum absolute atomic E-state index is 0.0817. The minimum Gasteiger partial charge on any atom is -0.379 e. The monoisotopic (exact) mass is 333 g/mol. The van der Waals surface area contributed by atoms with Gasteiger partial charge in [0.15, 0.2) is 11.6 Å². The molecule has 19 heavy (non-hydrogen) atoms. The van der Waals surface area contributed by atoms with Crippen molar-refractivity contribution in [3.05, 3.63) is 63.6 Å². The zero-order valence-electron chi connectivity index (χ0n) is 9.48. The molecule has 0 spiro atoms. The predicted octanol–water partition coefficient (Wildman–Crippen LogP) is 4.62. The first kappa shape index (κ1) is 13.9. The highest BCUT2D eigenvalue weighted by Gasteiger charge is 2.09. The number of hydrogen-bond acceptors (Lipinski definition) is 1. The Morgan fingerprint density at radius 3 is 2.21 bits per heavy atom. The molecule has 0 amide bonds. The van der Waals surface area contributed by atoms with Gasteiger partial charge in [-0.05, 0) is 23.8 Å². The molecule has 0 unspecified atom stereocenters. The fraction of sp³-hybridized carbons (Fsp3) is 0.0769. The van der Waals surface area contributed by atoms with E-state index in [4.69, 9.17) is 0 Å². The van der Waals surface area contributed by atoms with Crippen molar-refractivity contribution in [1.29, 1.82) is 0 Å². The summed E-state index contributed by atoms with van der Waals surface area (Å²) in [5, 5.41) is 2.58. The van der Waals surface area contributed by atoms with Gasteiger partial charge < -0.3 is 5.32 Å². The molecule has 0 bridgehead atoms. The molecule has 2 aromatic rings. The van der Waals surface area contributed by atoms with Crippen molar-refractivity contribution in [2.45, 2.75) is 6.54 Å². The molecule has 100 valence electrons. The van der Waals surface area contributed by atoms with Gasteiger partial charge in [-0.1, -0.05) is 15.9 Å². The van der Waals surface area contributed by atoms with Crippen molar-refractivity contribution in [2.75, 3.05) is 5.32 Å². The second kappa shape index (κ2) is 5.61. The van der Waals surface area contributed by atoms with Gasteiger partial charge in [0.2, 0.25) is 0 Å². The average Bonchev–Trinajstić information content (AvgIpc) is 2.31. The van der Waals surface area contributed by atoms with E-state index in [-0.39, 0.29) is 12.2 Å². The molecule has 2 rings (SSSR count). The lowest BCUT2D eigenvalue weighted by Gasteiger charge is -2.09. The zero-order chi connectivity index (χ0) is 14.0. The average molecular weight is 334 g/mol. The summed E-state index contributed by atoms with van der Waals surface area (Å²) in [5.41, 5.74) is 0.357. The van der Waals surface area contributed by atoms with E-state index in [0.717, 1.165) is 6.07 Å². The van der Waals surface area contributed by atoms with E-state index in [2.05, 4.69) is 21.2 Å². The van der Waals surface area contributed by atoms with Crippen LogP contribution >= 0.6 is 15.9 Å². The zero-order valence-corrected chi connectivity index (χ0v) is 11.1. The van der Waals surface area contributed by atoms with Crippen molar-refractivity contribution in [3.63, 3.8) is 0 Å². The van der Waals surface area contributed by atoms with Gasteiger partial charge in [0, 0.05) is 23.2 Å².